The molecule has 3 aromatic carbocycles. The molecule has 2 heterocycles. The van der Waals surface area contributed by atoms with Gasteiger partial charge in [-0.2, -0.15) is 0 Å². The van der Waals surface area contributed by atoms with Crippen molar-refractivity contribution in [3.8, 4) is 5.75 Å². The average molecular weight is 594 g/mol. The van der Waals surface area contributed by atoms with Crippen LogP contribution >= 0.6 is 11.6 Å². The lowest BCUT2D eigenvalue weighted by atomic mass is 9.96. The molecule has 1 saturated heterocycles. The molecule has 5 rings (SSSR count). The number of carbonyl (C=O) groups excluding carboxylic acids is 1. The number of ether oxygens (including phenoxy) is 1. The van der Waals surface area contributed by atoms with E-state index < -0.39 is 10.0 Å². The van der Waals surface area contributed by atoms with Crippen molar-refractivity contribution in [2.45, 2.75) is 43.0 Å². The van der Waals surface area contributed by atoms with Gasteiger partial charge in [-0.25, -0.2) is 18.4 Å². The maximum atomic E-state index is 13.6. The molecule has 0 radical (unpaired) electrons. The van der Waals surface area contributed by atoms with Gasteiger partial charge in [0.15, 0.2) is 17.4 Å². The van der Waals surface area contributed by atoms with Gasteiger partial charge in [-0.15, -0.1) is 0 Å². The van der Waals surface area contributed by atoms with E-state index in [-0.39, 0.29) is 22.3 Å². The van der Waals surface area contributed by atoms with Crippen LogP contribution in [-0.4, -0.2) is 55.8 Å². The lowest BCUT2D eigenvalue weighted by Gasteiger charge is -2.32. The van der Waals surface area contributed by atoms with Crippen molar-refractivity contribution in [2.75, 3.05) is 30.7 Å². The first-order valence-electron chi connectivity index (χ1n) is 13.5. The Morgan fingerprint density at radius 1 is 1.02 bits per heavy atom. The number of para-hydroxylation sites is 2. The van der Waals surface area contributed by atoms with E-state index in [1.54, 1.807) is 48.5 Å². The van der Waals surface area contributed by atoms with Crippen molar-refractivity contribution < 1.29 is 17.9 Å². The summed E-state index contributed by atoms with van der Waals surface area (Å²) in [7, 11) is -0.502. The van der Waals surface area contributed by atoms with E-state index in [2.05, 4.69) is 32.0 Å². The summed E-state index contributed by atoms with van der Waals surface area (Å²) in [4.78, 5) is 24.4. The Labute approximate surface area is 245 Å². The predicted molar refractivity (Wildman–Crippen MR) is 162 cm³/mol. The number of nitrogens with zero attached hydrogens (tertiary/aromatic N) is 3. The first kappa shape index (κ1) is 28.8. The highest BCUT2D eigenvalue weighted by molar-refractivity contribution is 7.92. The number of halogens is 1. The van der Waals surface area contributed by atoms with Crippen molar-refractivity contribution in [3.63, 3.8) is 0 Å². The number of hydrogen-bond donors (Lipinski definition) is 2. The minimum Gasteiger partial charge on any atom is -0.497 e. The lowest BCUT2D eigenvalue weighted by molar-refractivity contribution is 0.0954. The summed E-state index contributed by atoms with van der Waals surface area (Å²) in [6, 6.07) is 18.7. The van der Waals surface area contributed by atoms with E-state index in [1.807, 2.05) is 6.07 Å². The van der Waals surface area contributed by atoms with Crippen LogP contribution in [0.25, 0.3) is 11.0 Å². The molecule has 2 N–H and O–H groups in total. The summed E-state index contributed by atoms with van der Waals surface area (Å²) in [6.45, 7) is 1.04. The minimum absolute atomic E-state index is 0.0142. The van der Waals surface area contributed by atoms with Crippen molar-refractivity contribution in [2.24, 2.45) is 0 Å². The summed E-state index contributed by atoms with van der Waals surface area (Å²) < 4.78 is 35.0. The Kier molecular flexibility index (Phi) is 8.72. The molecule has 1 unspecified atom stereocenters. The fourth-order valence-electron chi connectivity index (χ4n) is 4.99. The zero-order chi connectivity index (χ0) is 29.0. The second-order valence-corrected chi connectivity index (χ2v) is 12.2. The van der Waals surface area contributed by atoms with Gasteiger partial charge >= 0.3 is 0 Å². The van der Waals surface area contributed by atoms with Crippen LogP contribution in [0, 0.1) is 0 Å². The molecule has 1 aliphatic rings. The fourth-order valence-corrected chi connectivity index (χ4v) is 6.21. The molecule has 0 aliphatic carbocycles. The maximum absolute atomic E-state index is 13.6. The number of aromatic nitrogens is 2. The zero-order valence-corrected chi connectivity index (χ0v) is 24.5. The van der Waals surface area contributed by atoms with Crippen LogP contribution in [0.1, 0.15) is 42.5 Å². The molecule has 11 heteroatoms. The number of nitrogens with one attached hydrogen (secondary N) is 2. The first-order chi connectivity index (χ1) is 19.7. The number of likely N-dealkylation sites (tertiary alicyclic amines) is 1. The summed E-state index contributed by atoms with van der Waals surface area (Å²) in [6.07, 6.45) is 4.53. The van der Waals surface area contributed by atoms with Gasteiger partial charge in [-0.1, -0.05) is 42.3 Å². The Morgan fingerprint density at radius 3 is 2.51 bits per heavy atom. The molecule has 0 amide bonds. The van der Waals surface area contributed by atoms with Crippen LogP contribution in [-0.2, 0) is 10.0 Å². The summed E-state index contributed by atoms with van der Waals surface area (Å²) >= 11 is 6.39. The van der Waals surface area contributed by atoms with Gasteiger partial charge in [-0.05, 0) is 69.3 Å². The van der Waals surface area contributed by atoms with Crippen LogP contribution in [0.3, 0.4) is 0 Å². The molecule has 9 nitrogen and oxygen atoms in total. The number of hydrogen-bond acceptors (Lipinski definition) is 8. The van der Waals surface area contributed by atoms with E-state index in [1.165, 1.54) is 32.1 Å². The zero-order valence-electron chi connectivity index (χ0n) is 22.9. The number of Topliss-reactive ketones (excluding diaryl/α,β-unsaturated/α-hetero) is 1. The molecule has 1 fully saturated rings. The topological polar surface area (TPSA) is 114 Å². The van der Waals surface area contributed by atoms with E-state index in [0.29, 0.717) is 45.5 Å². The highest BCUT2D eigenvalue weighted by atomic mass is 35.5. The Balaban J connectivity index is 1.41. The number of methoxy groups -OCH3 is 1. The molecular formula is C30H32ClN5O4S. The molecule has 0 spiro atoms. The van der Waals surface area contributed by atoms with Gasteiger partial charge in [0.1, 0.15) is 5.75 Å². The van der Waals surface area contributed by atoms with Crippen molar-refractivity contribution in [1.82, 2.24) is 14.9 Å². The second-order valence-electron chi connectivity index (χ2n) is 10.1. The largest absolute Gasteiger partial charge is 0.497 e. The number of piperidine rings is 1. The molecule has 0 bridgehead atoms. The lowest BCUT2D eigenvalue weighted by Crippen LogP contribution is -2.36. The number of anilines is 3. The smallest absolute Gasteiger partial charge is 0.263 e. The average Bonchev–Trinajstić information content (AvgIpc) is 2.98. The van der Waals surface area contributed by atoms with Crippen molar-refractivity contribution >= 4 is 55.8 Å². The third-order valence-corrected chi connectivity index (χ3v) is 8.99. The molecule has 1 aliphatic heterocycles. The van der Waals surface area contributed by atoms with E-state index in [9.17, 15) is 13.2 Å². The third kappa shape index (κ3) is 6.78. The van der Waals surface area contributed by atoms with Gasteiger partial charge in [0.25, 0.3) is 10.0 Å². The van der Waals surface area contributed by atoms with Crippen LogP contribution in [0.4, 0.5) is 17.3 Å². The van der Waals surface area contributed by atoms with Crippen LogP contribution < -0.4 is 14.8 Å². The standard InChI is InChI=1S/C30H32ClN5O4S/c1-36-17-6-5-9-21(36)13-16-28(37)20-8-7-10-23(18-20)41(38,39)35-30-29(32-25-11-3-4-12-26(25)33-30)34-27-19-22(40-2)14-15-24(27)31/h3-4,7-8,10-12,14-15,18-19,21H,5-6,9,13,16-17H2,1-2H3,(H,32,34)(H,33,35). The number of fused-ring (bicyclic) bond motifs is 1. The number of benzene rings is 3. The van der Waals surface area contributed by atoms with Crippen LogP contribution in [0.15, 0.2) is 71.6 Å². The number of sulfonamides is 1. The fraction of sp³-hybridized carbons (Fsp3) is 0.300. The van der Waals surface area contributed by atoms with Gasteiger partial charge in [0.2, 0.25) is 0 Å². The monoisotopic (exact) mass is 593 g/mol. The van der Waals surface area contributed by atoms with Crippen molar-refractivity contribution in [1.29, 1.82) is 0 Å². The van der Waals surface area contributed by atoms with Gasteiger partial charge in [-0.3, -0.25) is 9.52 Å². The van der Waals surface area contributed by atoms with E-state index >= 15 is 0 Å². The molecular weight excluding hydrogens is 562 g/mol. The molecule has 1 aromatic heterocycles. The Hall–Kier alpha value is -3.73. The second kappa shape index (κ2) is 12.4. The van der Waals surface area contributed by atoms with E-state index in [0.717, 1.165) is 19.4 Å². The van der Waals surface area contributed by atoms with Crippen LogP contribution in [0.2, 0.25) is 5.02 Å². The molecule has 4 aromatic rings. The SMILES string of the molecule is COc1ccc(Cl)c(Nc2nc3ccccc3nc2NS(=O)(=O)c2cccc(C(=O)CCC3CCCCN3C)c2)c1. The summed E-state index contributed by atoms with van der Waals surface area (Å²) in [5.74, 6) is 0.622. The Bertz CT molecular complexity index is 1680. The quantitative estimate of drug-likeness (QED) is 0.206. The number of rotatable bonds is 10. The minimum atomic E-state index is -4.13. The molecule has 41 heavy (non-hydrogen) atoms. The number of ketones is 1. The van der Waals surface area contributed by atoms with Crippen molar-refractivity contribution in [3.05, 3.63) is 77.3 Å². The van der Waals surface area contributed by atoms with E-state index in [4.69, 9.17) is 16.3 Å². The Morgan fingerprint density at radius 2 is 1.78 bits per heavy atom. The molecule has 0 saturated carbocycles. The number of carbonyl (C=O) groups is 1. The normalized spacial score (nSPS) is 15.9. The highest BCUT2D eigenvalue weighted by Gasteiger charge is 2.23. The molecule has 1 atom stereocenters. The third-order valence-electron chi connectivity index (χ3n) is 7.32. The molecule has 214 valence electrons. The summed E-state index contributed by atoms with van der Waals surface area (Å²) in [5.41, 5.74) is 1.89. The van der Waals surface area contributed by atoms with Gasteiger partial charge in [0.05, 0.1) is 33.7 Å². The maximum Gasteiger partial charge on any atom is 0.263 e. The van der Waals surface area contributed by atoms with Gasteiger partial charge < -0.3 is 15.0 Å². The summed E-state index contributed by atoms with van der Waals surface area (Å²) in [5, 5.41) is 3.48. The van der Waals surface area contributed by atoms with Gasteiger partial charge in [0, 0.05) is 24.1 Å². The predicted octanol–water partition coefficient (Wildman–Crippen LogP) is 6.28. The van der Waals surface area contributed by atoms with Crippen LogP contribution in [0.5, 0.6) is 5.75 Å². The highest BCUT2D eigenvalue weighted by Crippen LogP contribution is 2.33. The first-order valence-corrected chi connectivity index (χ1v) is 15.3.